The van der Waals surface area contributed by atoms with Gasteiger partial charge in [-0.1, -0.05) is 25.7 Å². The Hall–Kier alpha value is -0.780. The van der Waals surface area contributed by atoms with Crippen molar-refractivity contribution in [1.29, 1.82) is 0 Å². The summed E-state index contributed by atoms with van der Waals surface area (Å²) in [6, 6.07) is -0.171. The molecule has 0 saturated heterocycles. The van der Waals surface area contributed by atoms with Gasteiger partial charge in [0.2, 0.25) is 5.91 Å². The molecule has 0 heterocycles. The van der Waals surface area contributed by atoms with Crippen LogP contribution in [0.4, 0.5) is 13.2 Å². The Kier molecular flexibility index (Phi) is 5.52. The number of nitrogens with two attached hydrogens (primary N) is 1. The largest absolute Gasteiger partial charge is 0.392 e. The second-order valence-electron chi connectivity index (χ2n) is 6.43. The maximum atomic E-state index is 13.1. The van der Waals surface area contributed by atoms with Gasteiger partial charge in [0.25, 0.3) is 0 Å². The molecule has 2 saturated carbocycles. The molecule has 21 heavy (non-hydrogen) atoms. The van der Waals surface area contributed by atoms with E-state index in [1.54, 1.807) is 0 Å². The summed E-state index contributed by atoms with van der Waals surface area (Å²) in [4.78, 5) is 12.3. The first kappa shape index (κ1) is 16.6. The van der Waals surface area contributed by atoms with Crippen LogP contribution in [-0.2, 0) is 4.79 Å². The van der Waals surface area contributed by atoms with E-state index in [1.165, 1.54) is 0 Å². The number of carbonyl (C=O) groups is 1. The topological polar surface area (TPSA) is 55.1 Å². The normalized spacial score (nSPS) is 29.3. The van der Waals surface area contributed by atoms with Crippen molar-refractivity contribution < 1.29 is 18.0 Å². The van der Waals surface area contributed by atoms with Crippen LogP contribution in [0.15, 0.2) is 0 Å². The van der Waals surface area contributed by atoms with Crippen molar-refractivity contribution in [2.24, 2.45) is 23.5 Å². The van der Waals surface area contributed by atoms with Crippen molar-refractivity contribution in [1.82, 2.24) is 5.32 Å². The van der Waals surface area contributed by atoms with Crippen molar-refractivity contribution in [3.63, 3.8) is 0 Å². The number of hydrogen-bond acceptors (Lipinski definition) is 2. The first-order valence-electron chi connectivity index (χ1n) is 8.00. The van der Waals surface area contributed by atoms with Gasteiger partial charge in [-0.15, -0.1) is 0 Å². The van der Waals surface area contributed by atoms with Crippen LogP contribution in [0.25, 0.3) is 0 Å². The van der Waals surface area contributed by atoms with Gasteiger partial charge in [-0.25, -0.2) is 0 Å². The third-order valence-electron chi connectivity index (χ3n) is 5.07. The molecule has 3 N–H and O–H groups in total. The Bertz CT molecular complexity index is 353. The van der Waals surface area contributed by atoms with Crippen molar-refractivity contribution in [3.05, 3.63) is 0 Å². The van der Waals surface area contributed by atoms with Crippen LogP contribution in [-0.4, -0.2) is 24.7 Å². The Morgan fingerprint density at radius 2 is 1.67 bits per heavy atom. The van der Waals surface area contributed by atoms with E-state index in [0.29, 0.717) is 31.7 Å². The summed E-state index contributed by atoms with van der Waals surface area (Å²) in [5, 5.41) is 2.82. The van der Waals surface area contributed by atoms with E-state index in [2.05, 4.69) is 5.32 Å². The highest BCUT2D eigenvalue weighted by Crippen LogP contribution is 2.41. The molecular weight excluding hydrogens is 281 g/mol. The number of alkyl halides is 3. The molecule has 0 bridgehead atoms. The van der Waals surface area contributed by atoms with E-state index in [-0.39, 0.29) is 12.5 Å². The predicted molar refractivity (Wildman–Crippen MR) is 74.4 cm³/mol. The molecule has 6 heteroatoms. The lowest BCUT2D eigenvalue weighted by Gasteiger charge is -2.34. The summed E-state index contributed by atoms with van der Waals surface area (Å²) >= 11 is 0. The molecule has 1 amide bonds. The van der Waals surface area contributed by atoms with Crippen LogP contribution in [0.2, 0.25) is 0 Å². The summed E-state index contributed by atoms with van der Waals surface area (Å²) in [6.07, 6.45) is 1.62. The Morgan fingerprint density at radius 3 is 2.24 bits per heavy atom. The highest BCUT2D eigenvalue weighted by molar-refractivity contribution is 5.79. The standard InChI is InChI=1S/C15H25F3N2O/c16-15(17,18)12-8-4-3-7-11(12)14(21)20-13(9-19)10-5-1-2-6-10/h10-13H,1-9,19H2,(H,20,21). The van der Waals surface area contributed by atoms with Gasteiger partial charge in [0, 0.05) is 18.5 Å². The summed E-state index contributed by atoms with van der Waals surface area (Å²) in [5.41, 5.74) is 5.71. The highest BCUT2D eigenvalue weighted by atomic mass is 19.4. The zero-order valence-corrected chi connectivity index (χ0v) is 12.3. The molecule has 2 rings (SSSR count). The summed E-state index contributed by atoms with van der Waals surface area (Å²) in [7, 11) is 0. The lowest BCUT2D eigenvalue weighted by atomic mass is 9.78. The number of amides is 1. The minimum absolute atomic E-state index is 0.0678. The lowest BCUT2D eigenvalue weighted by Crippen LogP contribution is -2.50. The van der Waals surface area contributed by atoms with Crippen LogP contribution < -0.4 is 11.1 Å². The van der Waals surface area contributed by atoms with E-state index in [9.17, 15) is 18.0 Å². The molecule has 0 radical (unpaired) electrons. The molecule has 2 aliphatic rings. The molecule has 0 aromatic heterocycles. The van der Waals surface area contributed by atoms with Crippen LogP contribution in [0.1, 0.15) is 51.4 Å². The SMILES string of the molecule is NCC(NC(=O)C1CCCCC1C(F)(F)F)C1CCCC1. The van der Waals surface area contributed by atoms with Gasteiger partial charge < -0.3 is 11.1 Å². The number of rotatable bonds is 4. The molecule has 0 aromatic carbocycles. The van der Waals surface area contributed by atoms with Gasteiger partial charge in [0.15, 0.2) is 0 Å². The molecule has 2 aliphatic carbocycles. The number of hydrogen-bond donors (Lipinski definition) is 2. The highest BCUT2D eigenvalue weighted by Gasteiger charge is 2.48. The van der Waals surface area contributed by atoms with Gasteiger partial charge >= 0.3 is 6.18 Å². The van der Waals surface area contributed by atoms with Crippen molar-refractivity contribution in [3.8, 4) is 0 Å². The number of halogens is 3. The molecule has 0 spiro atoms. The van der Waals surface area contributed by atoms with Crippen molar-refractivity contribution >= 4 is 5.91 Å². The minimum Gasteiger partial charge on any atom is -0.352 e. The third kappa shape index (κ3) is 4.11. The smallest absolute Gasteiger partial charge is 0.352 e. The molecule has 122 valence electrons. The molecule has 0 aliphatic heterocycles. The van der Waals surface area contributed by atoms with Gasteiger partial charge in [-0.2, -0.15) is 13.2 Å². The van der Waals surface area contributed by atoms with E-state index in [0.717, 1.165) is 25.7 Å². The quantitative estimate of drug-likeness (QED) is 0.839. The summed E-state index contributed by atoms with van der Waals surface area (Å²) in [5.74, 6) is -2.55. The number of nitrogens with one attached hydrogen (secondary N) is 1. The van der Waals surface area contributed by atoms with Crippen molar-refractivity contribution in [2.45, 2.75) is 63.6 Å². The fraction of sp³-hybridized carbons (Fsp3) is 0.933. The van der Waals surface area contributed by atoms with Crippen LogP contribution in [0, 0.1) is 17.8 Å². The fourth-order valence-electron chi connectivity index (χ4n) is 3.86. The second kappa shape index (κ2) is 6.99. The summed E-state index contributed by atoms with van der Waals surface area (Å²) in [6.45, 7) is 0.305. The van der Waals surface area contributed by atoms with Crippen LogP contribution in [0.5, 0.6) is 0 Å². The average molecular weight is 306 g/mol. The van der Waals surface area contributed by atoms with E-state index in [4.69, 9.17) is 5.73 Å². The fourth-order valence-corrected chi connectivity index (χ4v) is 3.86. The zero-order valence-electron chi connectivity index (χ0n) is 12.3. The van der Waals surface area contributed by atoms with Gasteiger partial charge in [-0.05, 0) is 31.6 Å². The van der Waals surface area contributed by atoms with E-state index in [1.807, 2.05) is 0 Å². The third-order valence-corrected chi connectivity index (χ3v) is 5.07. The monoisotopic (exact) mass is 306 g/mol. The summed E-state index contributed by atoms with van der Waals surface area (Å²) < 4.78 is 39.2. The maximum absolute atomic E-state index is 13.1. The van der Waals surface area contributed by atoms with Gasteiger partial charge in [0.05, 0.1) is 5.92 Å². The minimum atomic E-state index is -4.28. The van der Waals surface area contributed by atoms with Gasteiger partial charge in [-0.3, -0.25) is 4.79 Å². The second-order valence-corrected chi connectivity index (χ2v) is 6.43. The number of carbonyl (C=O) groups excluding carboxylic acids is 1. The molecule has 3 unspecified atom stereocenters. The molecule has 0 aromatic rings. The maximum Gasteiger partial charge on any atom is 0.392 e. The van der Waals surface area contributed by atoms with Crippen LogP contribution >= 0.6 is 0 Å². The van der Waals surface area contributed by atoms with Crippen molar-refractivity contribution in [2.75, 3.05) is 6.54 Å². The van der Waals surface area contributed by atoms with Gasteiger partial charge in [0.1, 0.15) is 0 Å². The molecule has 2 fully saturated rings. The Morgan fingerprint density at radius 1 is 1.10 bits per heavy atom. The van der Waals surface area contributed by atoms with E-state index >= 15 is 0 Å². The first-order chi connectivity index (χ1) is 9.93. The first-order valence-corrected chi connectivity index (χ1v) is 8.00. The average Bonchev–Trinajstić information content (AvgIpc) is 2.97. The molecular formula is C15H25F3N2O. The Balaban J connectivity index is 1.99. The molecule has 3 atom stereocenters. The zero-order chi connectivity index (χ0) is 15.5. The predicted octanol–water partition coefficient (Wildman–Crippen LogP) is 2.99. The van der Waals surface area contributed by atoms with Crippen LogP contribution in [0.3, 0.4) is 0 Å². The Labute approximate surface area is 123 Å². The van der Waals surface area contributed by atoms with E-state index < -0.39 is 23.9 Å². The lowest BCUT2D eigenvalue weighted by molar-refractivity contribution is -0.198. The molecule has 3 nitrogen and oxygen atoms in total.